The Balaban J connectivity index is 1.51. The van der Waals surface area contributed by atoms with Crippen LogP contribution in [-0.4, -0.2) is 44.4 Å². The van der Waals surface area contributed by atoms with Crippen molar-refractivity contribution in [3.8, 4) is 6.07 Å². The molecule has 1 fully saturated rings. The summed E-state index contributed by atoms with van der Waals surface area (Å²) in [5.74, 6) is 0.697. The van der Waals surface area contributed by atoms with Crippen molar-refractivity contribution in [3.05, 3.63) is 40.2 Å². The Bertz CT molecular complexity index is 1010. The number of carbonyl (C=O) groups excluding carboxylic acids is 1. The first-order chi connectivity index (χ1) is 14.2. The summed E-state index contributed by atoms with van der Waals surface area (Å²) in [7, 11) is 0. The topological polar surface area (TPSA) is 101 Å². The summed E-state index contributed by atoms with van der Waals surface area (Å²) in [5.41, 5.74) is 0.819. The number of Topliss-reactive ketones (excluding diaryl/α,β-unsaturated/α-hetero) is 1. The zero-order valence-electron chi connectivity index (χ0n) is 15.9. The maximum absolute atomic E-state index is 12.7. The summed E-state index contributed by atoms with van der Waals surface area (Å²) in [6.07, 6.45) is 3.90. The van der Waals surface area contributed by atoms with Gasteiger partial charge in [-0.2, -0.15) is 5.26 Å². The number of nitriles is 1. The second-order valence-electron chi connectivity index (χ2n) is 6.79. The maximum Gasteiger partial charge on any atom is 0.228 e. The molecule has 1 aliphatic heterocycles. The normalized spacial score (nSPS) is 14.8. The number of ketones is 1. The molecular weight excluding hydrogens is 408 g/mol. The van der Waals surface area contributed by atoms with Gasteiger partial charge in [-0.1, -0.05) is 11.8 Å². The van der Waals surface area contributed by atoms with Gasteiger partial charge in [-0.05, 0) is 31.9 Å². The summed E-state index contributed by atoms with van der Waals surface area (Å²) in [6.45, 7) is 4.24. The molecule has 0 aliphatic carbocycles. The molecule has 0 amide bonds. The summed E-state index contributed by atoms with van der Waals surface area (Å²) in [4.78, 5) is 19.2. The van der Waals surface area contributed by atoms with Crippen molar-refractivity contribution < 1.29 is 9.21 Å². The van der Waals surface area contributed by atoms with Gasteiger partial charge < -0.3 is 9.32 Å². The number of thiazole rings is 1. The molecule has 4 rings (SSSR count). The van der Waals surface area contributed by atoms with Gasteiger partial charge in [0.25, 0.3) is 0 Å². The molecule has 0 N–H and O–H groups in total. The largest absolute Gasteiger partial charge is 0.467 e. The molecule has 3 aromatic heterocycles. The number of aromatic nitrogens is 4. The van der Waals surface area contributed by atoms with E-state index in [0.29, 0.717) is 16.7 Å². The molecule has 0 bridgehead atoms. The number of furan rings is 1. The predicted octanol–water partition coefficient (Wildman–Crippen LogP) is 3.25. The highest BCUT2D eigenvalue weighted by Crippen LogP contribution is 2.28. The van der Waals surface area contributed by atoms with E-state index in [1.165, 1.54) is 23.1 Å². The Labute approximate surface area is 176 Å². The van der Waals surface area contributed by atoms with Crippen LogP contribution in [0.3, 0.4) is 0 Å². The second kappa shape index (κ2) is 8.80. The average Bonchev–Trinajstić information content (AvgIpc) is 3.50. The fraction of sp³-hybridized carbons (Fsp3) is 0.421. The van der Waals surface area contributed by atoms with E-state index >= 15 is 0 Å². The molecule has 1 saturated heterocycles. The third kappa shape index (κ3) is 4.36. The van der Waals surface area contributed by atoms with E-state index in [9.17, 15) is 10.1 Å². The van der Waals surface area contributed by atoms with Crippen LogP contribution in [0.2, 0.25) is 0 Å². The van der Waals surface area contributed by atoms with E-state index in [2.05, 4.69) is 26.2 Å². The lowest BCUT2D eigenvalue weighted by Crippen LogP contribution is -2.22. The van der Waals surface area contributed by atoms with Gasteiger partial charge >= 0.3 is 0 Å². The predicted molar refractivity (Wildman–Crippen MR) is 110 cm³/mol. The first-order valence-electron chi connectivity index (χ1n) is 9.33. The molecule has 0 saturated carbocycles. The van der Waals surface area contributed by atoms with E-state index in [1.807, 2.05) is 29.0 Å². The van der Waals surface area contributed by atoms with Crippen molar-refractivity contribution in [2.24, 2.45) is 0 Å². The Kier molecular flexibility index (Phi) is 5.97. The number of nitrogens with zero attached hydrogens (tertiary/aromatic N) is 6. The molecule has 29 heavy (non-hydrogen) atoms. The Morgan fingerprint density at radius 1 is 1.41 bits per heavy atom. The molecule has 3 aromatic rings. The molecule has 8 nitrogen and oxygen atoms in total. The van der Waals surface area contributed by atoms with Crippen molar-refractivity contribution >= 4 is 34.8 Å². The minimum absolute atomic E-state index is 0.132. The number of hydrogen-bond acceptors (Lipinski definition) is 9. The highest BCUT2D eigenvalue weighted by atomic mass is 32.2. The molecule has 150 valence electrons. The highest BCUT2D eigenvalue weighted by Gasteiger charge is 2.26. The zero-order chi connectivity index (χ0) is 20.2. The number of carbonyl (C=O) groups is 1. The van der Waals surface area contributed by atoms with Crippen molar-refractivity contribution in [2.75, 3.05) is 23.7 Å². The lowest BCUT2D eigenvalue weighted by Gasteiger charge is -2.17. The van der Waals surface area contributed by atoms with Crippen molar-refractivity contribution in [3.63, 3.8) is 0 Å². The third-order valence-electron chi connectivity index (χ3n) is 4.66. The van der Waals surface area contributed by atoms with Crippen molar-refractivity contribution in [2.45, 2.75) is 37.4 Å². The molecule has 1 unspecified atom stereocenters. The SMILES string of the molecule is Cc1csc(C(C#N)C(=O)CSc2nnc(N3CCCC3)n2Cc2ccco2)n1. The smallest absolute Gasteiger partial charge is 0.228 e. The number of aryl methyl sites for hydroxylation is 1. The molecule has 1 aliphatic rings. The van der Waals surface area contributed by atoms with Crippen molar-refractivity contribution in [1.82, 2.24) is 19.7 Å². The first kappa shape index (κ1) is 19.7. The van der Waals surface area contributed by atoms with Crippen LogP contribution in [0, 0.1) is 18.3 Å². The van der Waals surface area contributed by atoms with Gasteiger partial charge in [0, 0.05) is 24.2 Å². The lowest BCUT2D eigenvalue weighted by atomic mass is 10.1. The Morgan fingerprint density at radius 2 is 2.24 bits per heavy atom. The first-order valence-corrected chi connectivity index (χ1v) is 11.2. The number of hydrogen-bond donors (Lipinski definition) is 0. The lowest BCUT2D eigenvalue weighted by molar-refractivity contribution is -0.116. The van der Waals surface area contributed by atoms with Crippen LogP contribution >= 0.6 is 23.1 Å². The Morgan fingerprint density at radius 3 is 2.90 bits per heavy atom. The van der Waals surface area contributed by atoms with Crippen LogP contribution in [0.1, 0.15) is 35.2 Å². The van der Waals surface area contributed by atoms with E-state index < -0.39 is 5.92 Å². The van der Waals surface area contributed by atoms with Crippen LogP contribution in [0.25, 0.3) is 0 Å². The van der Waals surface area contributed by atoms with Gasteiger partial charge in [-0.3, -0.25) is 9.36 Å². The monoisotopic (exact) mass is 428 g/mol. The van der Waals surface area contributed by atoms with Gasteiger partial charge in [-0.25, -0.2) is 4.98 Å². The standard InChI is InChI=1S/C19H20N6O2S2/c1-13-11-28-17(21-13)15(9-20)16(26)12-29-19-23-22-18(24-6-2-3-7-24)25(19)10-14-5-4-8-27-14/h4-5,8,11,15H,2-3,6-7,10,12H2,1H3. The maximum atomic E-state index is 12.7. The number of thioether (sulfide) groups is 1. The van der Waals surface area contributed by atoms with Crippen LogP contribution in [0.15, 0.2) is 33.3 Å². The molecule has 0 radical (unpaired) electrons. The minimum atomic E-state index is -0.847. The highest BCUT2D eigenvalue weighted by molar-refractivity contribution is 7.99. The number of rotatable bonds is 8. The third-order valence-corrected chi connectivity index (χ3v) is 6.68. The van der Waals surface area contributed by atoms with Gasteiger partial charge in [0.15, 0.2) is 16.9 Å². The van der Waals surface area contributed by atoms with Gasteiger partial charge in [-0.15, -0.1) is 21.5 Å². The van der Waals surface area contributed by atoms with Crippen LogP contribution < -0.4 is 4.90 Å². The minimum Gasteiger partial charge on any atom is -0.467 e. The van der Waals surface area contributed by atoms with Crippen LogP contribution in [0.4, 0.5) is 5.95 Å². The average molecular weight is 429 g/mol. The van der Waals surface area contributed by atoms with E-state index in [0.717, 1.165) is 43.3 Å². The summed E-state index contributed by atoms with van der Waals surface area (Å²) < 4.78 is 7.48. The van der Waals surface area contributed by atoms with E-state index in [4.69, 9.17) is 4.42 Å². The fourth-order valence-electron chi connectivity index (χ4n) is 3.22. The van der Waals surface area contributed by atoms with Crippen LogP contribution in [-0.2, 0) is 11.3 Å². The zero-order valence-corrected chi connectivity index (χ0v) is 17.6. The van der Waals surface area contributed by atoms with E-state index in [1.54, 1.807) is 6.26 Å². The van der Waals surface area contributed by atoms with Crippen LogP contribution in [0.5, 0.6) is 0 Å². The quantitative estimate of drug-likeness (QED) is 0.504. The van der Waals surface area contributed by atoms with Gasteiger partial charge in [0.2, 0.25) is 5.95 Å². The van der Waals surface area contributed by atoms with Gasteiger partial charge in [0.1, 0.15) is 10.8 Å². The molecule has 1 atom stereocenters. The summed E-state index contributed by atoms with van der Waals surface area (Å²) in [6, 6.07) is 5.84. The molecule has 4 heterocycles. The second-order valence-corrected chi connectivity index (χ2v) is 8.62. The summed E-state index contributed by atoms with van der Waals surface area (Å²) >= 11 is 2.64. The Hall–Kier alpha value is -2.64. The van der Waals surface area contributed by atoms with Crippen molar-refractivity contribution in [1.29, 1.82) is 5.26 Å². The molecule has 0 spiro atoms. The molecular formula is C19H20N6O2S2. The molecule has 0 aromatic carbocycles. The van der Waals surface area contributed by atoms with E-state index in [-0.39, 0.29) is 11.5 Å². The number of anilines is 1. The summed E-state index contributed by atoms with van der Waals surface area (Å²) in [5, 5.41) is 21.2. The fourth-order valence-corrected chi connectivity index (χ4v) is 4.92. The van der Waals surface area contributed by atoms with Gasteiger partial charge in [0.05, 0.1) is 24.6 Å². The molecule has 10 heteroatoms.